The first-order valence-electron chi connectivity index (χ1n) is 6.39. The SMILES string of the molecule is C[C@@H]([CH]C(=O)NCc1nnn(C(C)(C)C)n1)CC(N)=O. The van der Waals surface area contributed by atoms with Crippen molar-refractivity contribution in [3.05, 3.63) is 12.2 Å². The second kappa shape index (κ2) is 6.44. The van der Waals surface area contributed by atoms with Crippen molar-refractivity contribution < 1.29 is 9.59 Å². The van der Waals surface area contributed by atoms with E-state index >= 15 is 0 Å². The van der Waals surface area contributed by atoms with Crippen LogP contribution in [0.1, 0.15) is 39.9 Å². The number of carbonyl (C=O) groups excluding carboxylic acids is 2. The molecule has 8 heteroatoms. The topological polar surface area (TPSA) is 116 Å². The van der Waals surface area contributed by atoms with Crippen molar-refractivity contribution in [2.75, 3.05) is 0 Å². The maximum atomic E-state index is 11.6. The van der Waals surface area contributed by atoms with Gasteiger partial charge in [0.25, 0.3) is 0 Å². The van der Waals surface area contributed by atoms with Gasteiger partial charge in [-0.15, -0.1) is 10.2 Å². The third-order valence-electron chi connectivity index (χ3n) is 2.43. The molecule has 0 aliphatic carbocycles. The van der Waals surface area contributed by atoms with Crippen molar-refractivity contribution in [2.45, 2.75) is 46.2 Å². The first kappa shape index (κ1) is 16.1. The second-order valence-corrected chi connectivity index (χ2v) is 5.70. The highest BCUT2D eigenvalue weighted by Gasteiger charge is 2.17. The van der Waals surface area contributed by atoms with E-state index in [1.165, 1.54) is 11.2 Å². The Labute approximate surface area is 118 Å². The van der Waals surface area contributed by atoms with Crippen molar-refractivity contribution in [3.63, 3.8) is 0 Å². The normalized spacial score (nSPS) is 13.0. The Morgan fingerprint density at radius 2 is 2.10 bits per heavy atom. The number of nitrogens with one attached hydrogen (secondary N) is 1. The van der Waals surface area contributed by atoms with Crippen molar-refractivity contribution in [3.8, 4) is 0 Å². The zero-order valence-corrected chi connectivity index (χ0v) is 12.3. The van der Waals surface area contributed by atoms with Crippen LogP contribution in [-0.2, 0) is 21.7 Å². The van der Waals surface area contributed by atoms with Crippen LogP contribution in [0.2, 0.25) is 0 Å². The van der Waals surface area contributed by atoms with E-state index < -0.39 is 5.91 Å². The minimum absolute atomic E-state index is 0.145. The predicted octanol–water partition coefficient (Wildman–Crippen LogP) is -0.240. The quantitative estimate of drug-likeness (QED) is 0.746. The van der Waals surface area contributed by atoms with E-state index in [4.69, 9.17) is 5.73 Å². The van der Waals surface area contributed by atoms with Gasteiger partial charge in [-0.3, -0.25) is 9.59 Å². The maximum absolute atomic E-state index is 11.6. The Hall–Kier alpha value is -1.99. The van der Waals surface area contributed by atoms with Crippen LogP contribution in [0.15, 0.2) is 0 Å². The fraction of sp³-hybridized carbons (Fsp3) is 0.667. The summed E-state index contributed by atoms with van der Waals surface area (Å²) in [6.45, 7) is 7.80. The molecule has 0 fully saturated rings. The van der Waals surface area contributed by atoms with Gasteiger partial charge in [-0.1, -0.05) is 6.92 Å². The van der Waals surface area contributed by atoms with Gasteiger partial charge in [0.05, 0.1) is 18.5 Å². The molecule has 1 atom stereocenters. The Morgan fingerprint density at radius 1 is 1.45 bits per heavy atom. The van der Waals surface area contributed by atoms with Crippen LogP contribution in [0, 0.1) is 12.3 Å². The molecule has 1 rings (SSSR count). The largest absolute Gasteiger partial charge is 0.370 e. The zero-order chi connectivity index (χ0) is 15.3. The molecule has 0 aliphatic heterocycles. The van der Waals surface area contributed by atoms with Gasteiger partial charge in [0.15, 0.2) is 5.82 Å². The van der Waals surface area contributed by atoms with E-state index in [0.29, 0.717) is 5.82 Å². The van der Waals surface area contributed by atoms with Crippen LogP contribution in [-0.4, -0.2) is 32.0 Å². The Balaban J connectivity index is 2.41. The zero-order valence-electron chi connectivity index (χ0n) is 12.3. The monoisotopic (exact) mass is 281 g/mol. The van der Waals surface area contributed by atoms with Gasteiger partial charge >= 0.3 is 0 Å². The summed E-state index contributed by atoms with van der Waals surface area (Å²) < 4.78 is 0. The van der Waals surface area contributed by atoms with Gasteiger partial charge in [-0.05, 0) is 31.9 Å². The molecule has 0 unspecified atom stereocenters. The molecule has 1 aromatic rings. The number of primary amides is 1. The number of amides is 2. The van der Waals surface area contributed by atoms with E-state index in [2.05, 4.69) is 20.7 Å². The van der Waals surface area contributed by atoms with E-state index in [0.717, 1.165) is 0 Å². The number of nitrogens with zero attached hydrogens (tertiary/aromatic N) is 4. The number of hydrogen-bond acceptors (Lipinski definition) is 5. The summed E-state index contributed by atoms with van der Waals surface area (Å²) in [5.74, 6) is -0.489. The standard InChI is InChI=1S/C12H21N6O2/c1-8(5-9(13)19)6-11(20)14-7-10-15-17-18(16-10)12(2,3)4/h6,8H,5,7H2,1-4H3,(H2,13,19)(H,14,20)/t8-/m1/s1. The average Bonchev–Trinajstić information content (AvgIpc) is 2.73. The molecule has 0 aliphatic rings. The second-order valence-electron chi connectivity index (χ2n) is 5.70. The van der Waals surface area contributed by atoms with Crippen LogP contribution >= 0.6 is 0 Å². The Bertz CT molecular complexity index is 477. The number of aromatic nitrogens is 4. The highest BCUT2D eigenvalue weighted by atomic mass is 16.2. The van der Waals surface area contributed by atoms with Crippen LogP contribution in [0.4, 0.5) is 0 Å². The van der Waals surface area contributed by atoms with Crippen LogP contribution in [0.25, 0.3) is 0 Å². The predicted molar refractivity (Wildman–Crippen MR) is 71.9 cm³/mol. The minimum atomic E-state index is -0.434. The van der Waals surface area contributed by atoms with Crippen LogP contribution in [0.3, 0.4) is 0 Å². The molecule has 2 amide bonds. The first-order chi connectivity index (χ1) is 9.18. The molecule has 20 heavy (non-hydrogen) atoms. The third kappa shape index (κ3) is 5.33. The summed E-state index contributed by atoms with van der Waals surface area (Å²) in [5.41, 5.74) is 4.80. The lowest BCUT2D eigenvalue weighted by molar-refractivity contribution is -0.119. The lowest BCUT2D eigenvalue weighted by Crippen LogP contribution is -2.28. The van der Waals surface area contributed by atoms with Gasteiger partial charge < -0.3 is 11.1 Å². The molecule has 0 aromatic carbocycles. The highest BCUT2D eigenvalue weighted by Crippen LogP contribution is 2.09. The number of hydrogen-bond donors (Lipinski definition) is 2. The smallest absolute Gasteiger partial charge is 0.224 e. The van der Waals surface area contributed by atoms with E-state index in [-0.39, 0.29) is 30.3 Å². The van der Waals surface area contributed by atoms with Crippen molar-refractivity contribution >= 4 is 11.8 Å². The third-order valence-corrected chi connectivity index (χ3v) is 2.43. The molecular weight excluding hydrogens is 260 g/mol. The Morgan fingerprint density at radius 3 is 2.60 bits per heavy atom. The Kier molecular flexibility index (Phi) is 5.18. The lowest BCUT2D eigenvalue weighted by atomic mass is 10.0. The minimum Gasteiger partial charge on any atom is -0.370 e. The van der Waals surface area contributed by atoms with Crippen molar-refractivity contribution in [1.82, 2.24) is 25.5 Å². The van der Waals surface area contributed by atoms with E-state index in [9.17, 15) is 9.59 Å². The number of nitrogens with two attached hydrogens (primary N) is 1. The molecule has 1 heterocycles. The lowest BCUT2D eigenvalue weighted by Gasteiger charge is -2.15. The summed E-state index contributed by atoms with van der Waals surface area (Å²) in [4.78, 5) is 23.8. The van der Waals surface area contributed by atoms with Gasteiger partial charge in [0, 0.05) is 6.42 Å². The van der Waals surface area contributed by atoms with Gasteiger partial charge in [0.2, 0.25) is 11.8 Å². The number of rotatable bonds is 6. The molecule has 0 saturated heterocycles. The van der Waals surface area contributed by atoms with Gasteiger partial charge in [-0.2, -0.15) is 4.80 Å². The van der Waals surface area contributed by atoms with Crippen LogP contribution in [0.5, 0.6) is 0 Å². The van der Waals surface area contributed by atoms with E-state index in [1.54, 1.807) is 6.92 Å². The van der Waals surface area contributed by atoms with E-state index in [1.807, 2.05) is 20.8 Å². The molecule has 0 bridgehead atoms. The highest BCUT2D eigenvalue weighted by molar-refractivity contribution is 5.85. The molecule has 0 saturated carbocycles. The number of carbonyl (C=O) groups is 2. The summed E-state index contributed by atoms with van der Waals surface area (Å²) in [6, 6.07) is 0. The molecule has 3 N–H and O–H groups in total. The molecule has 1 aromatic heterocycles. The summed E-state index contributed by atoms with van der Waals surface area (Å²) in [5, 5.41) is 14.6. The van der Waals surface area contributed by atoms with Gasteiger partial charge in [0.1, 0.15) is 0 Å². The fourth-order valence-corrected chi connectivity index (χ4v) is 1.46. The van der Waals surface area contributed by atoms with Gasteiger partial charge in [-0.25, -0.2) is 0 Å². The van der Waals surface area contributed by atoms with Crippen molar-refractivity contribution in [2.24, 2.45) is 11.7 Å². The summed E-state index contributed by atoms with van der Waals surface area (Å²) in [7, 11) is 0. The number of tetrazole rings is 1. The fourth-order valence-electron chi connectivity index (χ4n) is 1.46. The van der Waals surface area contributed by atoms with Crippen molar-refractivity contribution in [1.29, 1.82) is 0 Å². The van der Waals surface area contributed by atoms with Crippen LogP contribution < -0.4 is 11.1 Å². The average molecular weight is 281 g/mol. The first-order valence-corrected chi connectivity index (χ1v) is 6.39. The molecule has 111 valence electrons. The molecule has 1 radical (unpaired) electrons. The molecule has 0 spiro atoms. The molecule has 8 nitrogen and oxygen atoms in total. The maximum Gasteiger partial charge on any atom is 0.224 e. The summed E-state index contributed by atoms with van der Waals surface area (Å²) in [6.07, 6.45) is 1.56. The molecular formula is C12H21N6O2. The summed E-state index contributed by atoms with van der Waals surface area (Å²) >= 11 is 0.